The third kappa shape index (κ3) is 1.85. The third-order valence-electron chi connectivity index (χ3n) is 3.86. The van der Waals surface area contributed by atoms with Gasteiger partial charge in [-0.05, 0) is 24.1 Å². The number of likely N-dealkylation sites (N-methyl/N-ethyl adjacent to an activating group) is 1. The van der Waals surface area contributed by atoms with E-state index in [9.17, 15) is 4.79 Å². The van der Waals surface area contributed by atoms with Crippen molar-refractivity contribution in [1.29, 1.82) is 0 Å². The summed E-state index contributed by atoms with van der Waals surface area (Å²) in [6, 6.07) is 18.2. The molecule has 1 aliphatic heterocycles. The first-order valence-electron chi connectivity index (χ1n) is 6.88. The Hall–Kier alpha value is -2.35. The maximum atomic E-state index is 12.5. The molecule has 2 nitrogen and oxygen atoms in total. The number of hydrogen-bond acceptors (Lipinski definition) is 1. The van der Waals surface area contributed by atoms with Gasteiger partial charge in [0.2, 0.25) is 0 Å². The van der Waals surface area contributed by atoms with E-state index in [1.807, 2.05) is 43.3 Å². The number of amides is 1. The Balaban J connectivity index is 2.20. The highest BCUT2D eigenvalue weighted by Gasteiger charge is 2.34. The Kier molecular flexibility index (Phi) is 3.15. The zero-order valence-electron chi connectivity index (χ0n) is 11.5. The summed E-state index contributed by atoms with van der Waals surface area (Å²) in [4.78, 5) is 14.3. The van der Waals surface area contributed by atoms with Crippen LogP contribution in [0.2, 0.25) is 0 Å². The van der Waals surface area contributed by atoms with E-state index in [4.69, 9.17) is 0 Å². The fourth-order valence-corrected chi connectivity index (χ4v) is 2.91. The summed E-state index contributed by atoms with van der Waals surface area (Å²) in [5.74, 6) is -0.0113. The largest absolute Gasteiger partial charge is 0.309 e. The molecule has 1 aliphatic rings. The van der Waals surface area contributed by atoms with Crippen LogP contribution in [0.4, 0.5) is 5.69 Å². The van der Waals surface area contributed by atoms with Crippen molar-refractivity contribution in [1.82, 2.24) is 0 Å². The molecule has 2 heteroatoms. The second-order valence-electron chi connectivity index (χ2n) is 4.98. The lowest BCUT2D eigenvalue weighted by Crippen LogP contribution is -2.38. The molecule has 0 aliphatic carbocycles. The van der Waals surface area contributed by atoms with Gasteiger partial charge >= 0.3 is 0 Å². The molecular formula is C18H17NO. The number of carbonyl (C=O) groups excluding carboxylic acids is 1. The van der Waals surface area contributed by atoms with Gasteiger partial charge in [0.1, 0.15) is 0 Å². The molecule has 1 atom stereocenters. The number of carbonyl (C=O) groups is 1. The fourth-order valence-electron chi connectivity index (χ4n) is 2.91. The average molecular weight is 263 g/mol. The summed E-state index contributed by atoms with van der Waals surface area (Å²) in [6.45, 7) is 6.71. The number of benzene rings is 2. The average Bonchev–Trinajstić information content (AvgIpc) is 2.50. The normalized spacial score (nSPS) is 18.1. The van der Waals surface area contributed by atoms with Gasteiger partial charge in [-0.3, -0.25) is 4.79 Å². The highest BCUT2D eigenvalue weighted by Crippen LogP contribution is 2.41. The van der Waals surface area contributed by atoms with Gasteiger partial charge in [0.15, 0.2) is 0 Å². The van der Waals surface area contributed by atoms with Crippen molar-refractivity contribution >= 4 is 11.6 Å². The lowest BCUT2D eigenvalue weighted by atomic mass is 9.81. The standard InChI is InChI=1S/C18H17NO/c1-3-19-16-12-8-7-11-15(16)17(13(2)18(19)20)14-9-5-4-6-10-14/h4-12,17H,2-3H2,1H3/t17-/m1/s1. The highest BCUT2D eigenvalue weighted by molar-refractivity contribution is 6.09. The molecule has 0 bridgehead atoms. The first-order valence-corrected chi connectivity index (χ1v) is 6.88. The lowest BCUT2D eigenvalue weighted by molar-refractivity contribution is -0.115. The van der Waals surface area contributed by atoms with Crippen LogP contribution in [0.1, 0.15) is 24.0 Å². The van der Waals surface area contributed by atoms with Gasteiger partial charge in [0, 0.05) is 23.7 Å². The van der Waals surface area contributed by atoms with E-state index in [0.717, 1.165) is 16.8 Å². The van der Waals surface area contributed by atoms with Crippen LogP contribution in [0.15, 0.2) is 66.7 Å². The number of anilines is 1. The Morgan fingerprint density at radius 2 is 1.70 bits per heavy atom. The smallest absolute Gasteiger partial charge is 0.254 e. The second kappa shape index (κ2) is 4.97. The molecule has 2 aromatic carbocycles. The number of hydrogen-bond donors (Lipinski definition) is 0. The van der Waals surface area contributed by atoms with Crippen molar-refractivity contribution in [2.45, 2.75) is 12.8 Å². The van der Waals surface area contributed by atoms with Crippen molar-refractivity contribution in [2.24, 2.45) is 0 Å². The van der Waals surface area contributed by atoms with Crippen LogP contribution in [0.25, 0.3) is 0 Å². The Bertz CT molecular complexity index is 660. The van der Waals surface area contributed by atoms with Crippen LogP contribution in [0.3, 0.4) is 0 Å². The van der Waals surface area contributed by atoms with E-state index < -0.39 is 0 Å². The molecule has 2 aromatic rings. The Labute approximate surface area is 119 Å². The summed E-state index contributed by atoms with van der Waals surface area (Å²) < 4.78 is 0. The molecule has 0 aromatic heterocycles. The van der Waals surface area contributed by atoms with E-state index in [2.05, 4.69) is 24.8 Å². The van der Waals surface area contributed by atoms with Crippen LogP contribution in [-0.4, -0.2) is 12.5 Å². The molecule has 0 N–H and O–H groups in total. The van der Waals surface area contributed by atoms with Crippen molar-refractivity contribution in [3.63, 3.8) is 0 Å². The zero-order chi connectivity index (χ0) is 14.1. The minimum absolute atomic E-state index is 0.0278. The molecule has 0 spiro atoms. The first-order chi connectivity index (χ1) is 9.74. The third-order valence-corrected chi connectivity index (χ3v) is 3.86. The quantitative estimate of drug-likeness (QED) is 0.756. The molecular weight excluding hydrogens is 246 g/mol. The number of nitrogens with zero attached hydrogens (tertiary/aromatic N) is 1. The molecule has 0 radical (unpaired) electrons. The Morgan fingerprint density at radius 1 is 1.05 bits per heavy atom. The van der Waals surface area contributed by atoms with Gasteiger partial charge in [0.05, 0.1) is 0 Å². The topological polar surface area (TPSA) is 20.3 Å². The SMILES string of the molecule is C=C1C(=O)N(CC)c2ccccc2[C@H]1c1ccccc1. The fraction of sp³-hybridized carbons (Fsp3) is 0.167. The maximum Gasteiger partial charge on any atom is 0.254 e. The van der Waals surface area contributed by atoms with Gasteiger partial charge in [-0.15, -0.1) is 0 Å². The summed E-state index contributed by atoms with van der Waals surface area (Å²) in [5.41, 5.74) is 3.93. The minimum Gasteiger partial charge on any atom is -0.309 e. The van der Waals surface area contributed by atoms with Crippen molar-refractivity contribution < 1.29 is 4.79 Å². The summed E-state index contributed by atoms with van der Waals surface area (Å²) in [5, 5.41) is 0. The molecule has 0 saturated heterocycles. The van der Waals surface area contributed by atoms with Crippen LogP contribution >= 0.6 is 0 Å². The molecule has 0 fully saturated rings. The van der Waals surface area contributed by atoms with Crippen LogP contribution < -0.4 is 4.90 Å². The lowest BCUT2D eigenvalue weighted by Gasteiger charge is -2.35. The molecule has 3 rings (SSSR count). The molecule has 20 heavy (non-hydrogen) atoms. The van der Waals surface area contributed by atoms with E-state index >= 15 is 0 Å². The summed E-state index contributed by atoms with van der Waals surface area (Å²) in [6.07, 6.45) is 0. The van der Waals surface area contributed by atoms with Gasteiger partial charge in [-0.2, -0.15) is 0 Å². The van der Waals surface area contributed by atoms with Crippen LogP contribution in [0.5, 0.6) is 0 Å². The van der Waals surface area contributed by atoms with Gasteiger partial charge < -0.3 is 4.90 Å². The van der Waals surface area contributed by atoms with Crippen molar-refractivity contribution in [2.75, 3.05) is 11.4 Å². The van der Waals surface area contributed by atoms with E-state index in [0.29, 0.717) is 12.1 Å². The predicted octanol–water partition coefficient (Wildman–Crippen LogP) is 3.74. The first kappa shape index (κ1) is 12.7. The predicted molar refractivity (Wildman–Crippen MR) is 81.9 cm³/mol. The summed E-state index contributed by atoms with van der Waals surface area (Å²) in [7, 11) is 0. The Morgan fingerprint density at radius 3 is 2.40 bits per heavy atom. The van der Waals surface area contributed by atoms with Crippen molar-refractivity contribution in [3.05, 3.63) is 77.9 Å². The van der Waals surface area contributed by atoms with Gasteiger partial charge in [-0.1, -0.05) is 55.1 Å². The van der Waals surface area contributed by atoms with Crippen LogP contribution in [-0.2, 0) is 4.79 Å². The maximum absolute atomic E-state index is 12.5. The molecule has 100 valence electrons. The second-order valence-corrected chi connectivity index (χ2v) is 4.98. The number of rotatable bonds is 2. The number of fused-ring (bicyclic) bond motifs is 1. The number of para-hydroxylation sites is 1. The molecule has 0 unspecified atom stereocenters. The van der Waals surface area contributed by atoms with Gasteiger partial charge in [-0.25, -0.2) is 0 Å². The van der Waals surface area contributed by atoms with Gasteiger partial charge in [0.25, 0.3) is 5.91 Å². The van der Waals surface area contributed by atoms with E-state index in [1.165, 1.54) is 0 Å². The van der Waals surface area contributed by atoms with E-state index in [1.54, 1.807) is 4.90 Å². The summed E-state index contributed by atoms with van der Waals surface area (Å²) >= 11 is 0. The minimum atomic E-state index is -0.0392. The van der Waals surface area contributed by atoms with E-state index in [-0.39, 0.29) is 11.8 Å². The van der Waals surface area contributed by atoms with Crippen molar-refractivity contribution in [3.8, 4) is 0 Å². The highest BCUT2D eigenvalue weighted by atomic mass is 16.2. The zero-order valence-corrected chi connectivity index (χ0v) is 11.5. The molecule has 1 amide bonds. The monoisotopic (exact) mass is 263 g/mol. The van der Waals surface area contributed by atoms with Crippen LogP contribution in [0, 0.1) is 0 Å². The molecule has 1 heterocycles. The molecule has 0 saturated carbocycles.